The van der Waals surface area contributed by atoms with Crippen molar-refractivity contribution in [2.24, 2.45) is 5.10 Å². The molecule has 1 N–H and O–H groups in total. The lowest BCUT2D eigenvalue weighted by atomic mass is 10.0. The van der Waals surface area contributed by atoms with Gasteiger partial charge < -0.3 is 4.74 Å². The predicted molar refractivity (Wildman–Crippen MR) is 106 cm³/mol. The highest BCUT2D eigenvalue weighted by Crippen LogP contribution is 2.19. The quantitative estimate of drug-likeness (QED) is 0.516. The lowest BCUT2D eigenvalue weighted by Crippen LogP contribution is -2.19. The Hall–Kier alpha value is -3.14. The molecule has 0 bridgehead atoms. The highest BCUT2D eigenvalue weighted by Gasteiger charge is 2.07. The van der Waals surface area contributed by atoms with E-state index >= 15 is 0 Å². The Morgan fingerprint density at radius 1 is 1.00 bits per heavy atom. The van der Waals surface area contributed by atoms with Crippen LogP contribution in [0, 0.1) is 0 Å². The van der Waals surface area contributed by atoms with E-state index in [-0.39, 0.29) is 5.91 Å². The third-order valence-corrected chi connectivity index (χ3v) is 4.09. The molecule has 0 aliphatic rings. The van der Waals surface area contributed by atoms with Crippen LogP contribution in [0.15, 0.2) is 71.8 Å². The first kappa shape index (κ1) is 17.7. The van der Waals surface area contributed by atoms with E-state index in [1.165, 1.54) is 0 Å². The predicted octanol–water partition coefficient (Wildman–Crippen LogP) is 4.78. The number of hydrogen-bond donors (Lipinski definition) is 1. The van der Waals surface area contributed by atoms with Crippen LogP contribution in [0.25, 0.3) is 10.8 Å². The molecule has 0 radical (unpaired) electrons. The third-order valence-electron chi connectivity index (χ3n) is 4.09. The second-order valence-corrected chi connectivity index (χ2v) is 6.04. The molecule has 0 spiro atoms. The van der Waals surface area contributed by atoms with E-state index in [1.54, 1.807) is 24.3 Å². The summed E-state index contributed by atoms with van der Waals surface area (Å²) in [4.78, 5) is 12.3. The van der Waals surface area contributed by atoms with Gasteiger partial charge >= 0.3 is 0 Å². The molecule has 0 atom stereocenters. The maximum Gasteiger partial charge on any atom is 0.271 e. The molecule has 0 fully saturated rings. The number of rotatable bonds is 6. The number of carbonyl (C=O) groups is 1. The summed E-state index contributed by atoms with van der Waals surface area (Å²) >= 11 is 0. The van der Waals surface area contributed by atoms with Crippen LogP contribution in [0.3, 0.4) is 0 Å². The third kappa shape index (κ3) is 4.09. The van der Waals surface area contributed by atoms with E-state index in [0.29, 0.717) is 12.2 Å². The smallest absolute Gasteiger partial charge is 0.271 e. The Balaban J connectivity index is 1.73. The van der Waals surface area contributed by atoms with E-state index in [0.717, 1.165) is 34.2 Å². The summed E-state index contributed by atoms with van der Waals surface area (Å²) in [5, 5.41) is 6.54. The molecule has 3 aromatic rings. The lowest BCUT2D eigenvalue weighted by Gasteiger charge is -2.07. The van der Waals surface area contributed by atoms with Crippen molar-refractivity contribution in [1.29, 1.82) is 0 Å². The van der Waals surface area contributed by atoms with Gasteiger partial charge in [0.1, 0.15) is 5.75 Å². The van der Waals surface area contributed by atoms with Crippen LogP contribution in [0.1, 0.15) is 36.2 Å². The number of benzene rings is 3. The van der Waals surface area contributed by atoms with Crippen molar-refractivity contribution in [3.8, 4) is 5.75 Å². The van der Waals surface area contributed by atoms with Crippen molar-refractivity contribution in [1.82, 2.24) is 5.43 Å². The largest absolute Gasteiger partial charge is 0.494 e. The molecular weight excluding hydrogens is 324 g/mol. The molecule has 4 heteroatoms. The first-order chi connectivity index (χ1) is 12.7. The SMILES string of the molecule is CCCOc1ccc(C(=O)N/N=C(/C)c2cccc3ccccc23)cc1. The van der Waals surface area contributed by atoms with Crippen LogP contribution in [0.4, 0.5) is 0 Å². The van der Waals surface area contributed by atoms with Crippen molar-refractivity contribution in [2.45, 2.75) is 20.3 Å². The monoisotopic (exact) mass is 346 g/mol. The molecule has 0 saturated carbocycles. The minimum Gasteiger partial charge on any atom is -0.494 e. The number of nitrogens with one attached hydrogen (secondary N) is 1. The van der Waals surface area contributed by atoms with Gasteiger partial charge in [0.25, 0.3) is 5.91 Å². The fourth-order valence-electron chi connectivity index (χ4n) is 2.72. The average molecular weight is 346 g/mol. The summed E-state index contributed by atoms with van der Waals surface area (Å²) in [6.45, 7) is 4.61. The zero-order chi connectivity index (χ0) is 18.4. The number of fused-ring (bicyclic) bond motifs is 1. The van der Waals surface area contributed by atoms with Gasteiger partial charge in [0.05, 0.1) is 12.3 Å². The maximum absolute atomic E-state index is 12.3. The van der Waals surface area contributed by atoms with Crippen LogP contribution >= 0.6 is 0 Å². The Morgan fingerprint density at radius 3 is 2.50 bits per heavy atom. The molecule has 26 heavy (non-hydrogen) atoms. The number of hydrogen-bond acceptors (Lipinski definition) is 3. The minimum absolute atomic E-state index is 0.244. The van der Waals surface area contributed by atoms with Crippen molar-refractivity contribution >= 4 is 22.4 Å². The normalized spacial score (nSPS) is 11.4. The van der Waals surface area contributed by atoms with Gasteiger partial charge in [0.15, 0.2) is 0 Å². The summed E-state index contributed by atoms with van der Waals surface area (Å²) in [6, 6.07) is 21.3. The number of carbonyl (C=O) groups excluding carboxylic acids is 1. The molecule has 0 unspecified atom stereocenters. The molecule has 132 valence electrons. The van der Waals surface area contributed by atoms with Gasteiger partial charge in [-0.05, 0) is 48.4 Å². The van der Waals surface area contributed by atoms with Crippen molar-refractivity contribution in [3.63, 3.8) is 0 Å². The van der Waals surface area contributed by atoms with E-state index in [4.69, 9.17) is 4.74 Å². The number of amides is 1. The molecule has 1 amide bonds. The molecule has 0 aliphatic carbocycles. The molecule has 0 aromatic heterocycles. The summed E-state index contributed by atoms with van der Waals surface area (Å²) in [6.07, 6.45) is 0.949. The molecule has 3 rings (SSSR count). The van der Waals surface area contributed by atoms with Gasteiger partial charge in [-0.2, -0.15) is 5.10 Å². The summed E-state index contributed by atoms with van der Waals surface area (Å²) in [5.74, 6) is 0.519. The van der Waals surface area contributed by atoms with Crippen LogP contribution < -0.4 is 10.2 Å². The topological polar surface area (TPSA) is 50.7 Å². The van der Waals surface area contributed by atoms with Crippen molar-refractivity contribution < 1.29 is 9.53 Å². The van der Waals surface area contributed by atoms with Gasteiger partial charge in [0, 0.05) is 11.1 Å². The van der Waals surface area contributed by atoms with Gasteiger partial charge in [-0.25, -0.2) is 5.43 Å². The van der Waals surface area contributed by atoms with E-state index in [2.05, 4.69) is 35.7 Å². The lowest BCUT2D eigenvalue weighted by molar-refractivity contribution is 0.0955. The summed E-state index contributed by atoms with van der Waals surface area (Å²) in [5.41, 5.74) is 4.95. The Labute approximate surface area is 153 Å². The zero-order valence-electron chi connectivity index (χ0n) is 15.0. The van der Waals surface area contributed by atoms with Crippen molar-refractivity contribution in [2.75, 3.05) is 6.61 Å². The van der Waals surface area contributed by atoms with Crippen LogP contribution in [0.5, 0.6) is 5.75 Å². The van der Waals surface area contributed by atoms with Gasteiger partial charge in [-0.1, -0.05) is 49.4 Å². The first-order valence-corrected chi connectivity index (χ1v) is 8.74. The van der Waals surface area contributed by atoms with E-state index in [1.807, 2.05) is 31.2 Å². The van der Waals surface area contributed by atoms with Crippen LogP contribution in [0.2, 0.25) is 0 Å². The Kier molecular flexibility index (Phi) is 5.64. The minimum atomic E-state index is -0.244. The van der Waals surface area contributed by atoms with E-state index < -0.39 is 0 Å². The van der Waals surface area contributed by atoms with Crippen molar-refractivity contribution in [3.05, 3.63) is 77.9 Å². The average Bonchev–Trinajstić information content (AvgIpc) is 2.70. The molecule has 4 nitrogen and oxygen atoms in total. The highest BCUT2D eigenvalue weighted by molar-refractivity contribution is 6.10. The van der Waals surface area contributed by atoms with Gasteiger partial charge in [-0.15, -0.1) is 0 Å². The Morgan fingerprint density at radius 2 is 1.73 bits per heavy atom. The van der Waals surface area contributed by atoms with Crippen LogP contribution in [-0.4, -0.2) is 18.2 Å². The second-order valence-electron chi connectivity index (χ2n) is 6.04. The molecule has 0 heterocycles. The standard InChI is InChI=1S/C22H22N2O2/c1-3-15-26-19-13-11-18(12-14-19)22(25)24-23-16(2)20-10-6-8-17-7-4-5-9-21(17)20/h4-14H,3,15H2,1-2H3,(H,24,25)/b23-16-. The molecule has 0 aliphatic heterocycles. The summed E-state index contributed by atoms with van der Waals surface area (Å²) in [7, 11) is 0. The second kappa shape index (κ2) is 8.30. The molecule has 0 saturated heterocycles. The zero-order valence-corrected chi connectivity index (χ0v) is 15.0. The maximum atomic E-state index is 12.3. The van der Waals surface area contributed by atoms with Gasteiger partial charge in [-0.3, -0.25) is 4.79 Å². The number of hydrazone groups is 1. The first-order valence-electron chi connectivity index (χ1n) is 8.74. The number of ether oxygens (including phenoxy) is 1. The highest BCUT2D eigenvalue weighted by atomic mass is 16.5. The fraction of sp³-hybridized carbons (Fsp3) is 0.182. The fourth-order valence-corrected chi connectivity index (χ4v) is 2.72. The molecule has 3 aromatic carbocycles. The number of nitrogens with zero attached hydrogens (tertiary/aromatic N) is 1. The van der Waals surface area contributed by atoms with Crippen LogP contribution in [-0.2, 0) is 0 Å². The Bertz CT molecular complexity index is 925. The van der Waals surface area contributed by atoms with E-state index in [9.17, 15) is 4.79 Å². The summed E-state index contributed by atoms with van der Waals surface area (Å²) < 4.78 is 5.53. The van der Waals surface area contributed by atoms with Gasteiger partial charge in [0.2, 0.25) is 0 Å². The molecular formula is C22H22N2O2.